The highest BCUT2D eigenvalue weighted by atomic mass is 19.4. The Balaban J connectivity index is 5.13. The lowest BCUT2D eigenvalue weighted by Gasteiger charge is -2.40. The largest absolute Gasteiger partial charge is 0.392 e. The predicted molar refractivity (Wildman–Crippen MR) is 60.9 cm³/mol. The molecule has 0 rings (SSSR count). The van der Waals surface area contributed by atoms with Crippen LogP contribution in [-0.4, -0.2) is 33.6 Å². The zero-order valence-electron chi connectivity index (χ0n) is 11.2. The third-order valence-corrected chi connectivity index (χ3v) is 3.09. The van der Waals surface area contributed by atoms with E-state index in [1.165, 1.54) is 21.1 Å². The van der Waals surface area contributed by atoms with Crippen molar-refractivity contribution in [3.8, 4) is 0 Å². The fraction of sp³-hybridized carbons (Fsp3) is 1.00. The van der Waals surface area contributed by atoms with Crippen LogP contribution in [0.5, 0.6) is 0 Å². The molecule has 1 atom stereocenters. The van der Waals surface area contributed by atoms with Crippen LogP contribution in [0.3, 0.4) is 0 Å². The summed E-state index contributed by atoms with van der Waals surface area (Å²) in [6.45, 7) is 5.13. The molecule has 0 aliphatic heterocycles. The topological polar surface area (TPSA) is 18.5 Å². The maximum Gasteiger partial charge on any atom is 0.392 e. The van der Waals surface area contributed by atoms with E-state index in [-0.39, 0.29) is 19.1 Å². The van der Waals surface area contributed by atoms with Crippen molar-refractivity contribution in [2.75, 3.05) is 27.4 Å². The van der Waals surface area contributed by atoms with E-state index < -0.39 is 17.5 Å². The van der Waals surface area contributed by atoms with Crippen molar-refractivity contribution in [2.45, 2.75) is 33.4 Å². The molecule has 0 aliphatic rings. The first kappa shape index (κ1) is 16.7. The Bertz CT molecular complexity index is 208. The van der Waals surface area contributed by atoms with E-state index in [1.807, 2.05) is 13.8 Å². The zero-order chi connectivity index (χ0) is 13.7. The lowest BCUT2D eigenvalue weighted by molar-refractivity contribution is -0.220. The fourth-order valence-corrected chi connectivity index (χ4v) is 2.32. The van der Waals surface area contributed by atoms with Gasteiger partial charge in [0.15, 0.2) is 0 Å². The summed E-state index contributed by atoms with van der Waals surface area (Å²) < 4.78 is 48.8. The second kappa shape index (κ2) is 6.59. The summed E-state index contributed by atoms with van der Waals surface area (Å²) in [6, 6.07) is 0. The number of alkyl halides is 3. The predicted octanol–water partition coefficient (Wildman–Crippen LogP) is 3.51. The number of halogens is 3. The van der Waals surface area contributed by atoms with Gasteiger partial charge in [0, 0.05) is 19.6 Å². The van der Waals surface area contributed by atoms with Crippen LogP contribution in [0, 0.1) is 17.3 Å². The summed E-state index contributed by atoms with van der Waals surface area (Å²) in [6.07, 6.45) is -3.80. The van der Waals surface area contributed by atoms with Crippen LogP contribution in [0.2, 0.25) is 0 Å². The van der Waals surface area contributed by atoms with Crippen LogP contribution in [-0.2, 0) is 9.47 Å². The number of rotatable bonds is 7. The minimum absolute atomic E-state index is 0.0553. The van der Waals surface area contributed by atoms with Crippen LogP contribution in [0.1, 0.15) is 27.2 Å². The first-order chi connectivity index (χ1) is 7.69. The van der Waals surface area contributed by atoms with Gasteiger partial charge in [-0.3, -0.25) is 0 Å². The van der Waals surface area contributed by atoms with Crippen molar-refractivity contribution >= 4 is 0 Å². The van der Waals surface area contributed by atoms with E-state index in [0.29, 0.717) is 6.42 Å². The first-order valence-corrected chi connectivity index (χ1v) is 5.74. The highest BCUT2D eigenvalue weighted by Gasteiger charge is 2.50. The smallest absolute Gasteiger partial charge is 0.384 e. The van der Waals surface area contributed by atoms with Crippen molar-refractivity contribution in [1.82, 2.24) is 0 Å². The number of hydrogen-bond donors (Lipinski definition) is 0. The third-order valence-electron chi connectivity index (χ3n) is 3.09. The van der Waals surface area contributed by atoms with E-state index in [4.69, 9.17) is 9.47 Å². The molecular formula is C12H23F3O2. The van der Waals surface area contributed by atoms with Crippen LogP contribution in [0.25, 0.3) is 0 Å². The average Bonchev–Trinajstić information content (AvgIpc) is 2.14. The summed E-state index contributed by atoms with van der Waals surface area (Å²) in [5, 5.41) is 0. The maximum absolute atomic E-state index is 12.9. The Morgan fingerprint density at radius 3 is 1.59 bits per heavy atom. The maximum atomic E-state index is 12.9. The minimum atomic E-state index is -4.23. The molecule has 17 heavy (non-hydrogen) atoms. The van der Waals surface area contributed by atoms with E-state index in [0.717, 1.165) is 0 Å². The molecule has 0 bridgehead atoms. The average molecular weight is 256 g/mol. The molecule has 0 saturated heterocycles. The Kier molecular flexibility index (Phi) is 6.48. The summed E-state index contributed by atoms with van der Waals surface area (Å²) in [5.41, 5.74) is -1.00. The van der Waals surface area contributed by atoms with Gasteiger partial charge < -0.3 is 9.47 Å². The molecule has 0 heterocycles. The lowest BCUT2D eigenvalue weighted by Crippen LogP contribution is -2.45. The molecule has 0 saturated carbocycles. The minimum Gasteiger partial charge on any atom is -0.384 e. The van der Waals surface area contributed by atoms with Gasteiger partial charge in [-0.1, -0.05) is 20.8 Å². The van der Waals surface area contributed by atoms with Gasteiger partial charge in [0.1, 0.15) is 0 Å². The lowest BCUT2D eigenvalue weighted by atomic mass is 9.71. The summed E-state index contributed by atoms with van der Waals surface area (Å²) in [4.78, 5) is 0. The number of ether oxygens (including phenoxy) is 2. The Morgan fingerprint density at radius 2 is 1.35 bits per heavy atom. The molecule has 0 spiro atoms. The van der Waals surface area contributed by atoms with Crippen LogP contribution in [0.4, 0.5) is 13.2 Å². The SMILES string of the molecule is COCC(COC)(CC(C)C)C(C)C(F)(F)F. The molecular weight excluding hydrogens is 233 g/mol. The fourth-order valence-electron chi connectivity index (χ4n) is 2.32. The van der Waals surface area contributed by atoms with Crippen molar-refractivity contribution in [3.05, 3.63) is 0 Å². The van der Waals surface area contributed by atoms with Crippen LogP contribution >= 0.6 is 0 Å². The van der Waals surface area contributed by atoms with E-state index >= 15 is 0 Å². The Morgan fingerprint density at radius 1 is 0.941 bits per heavy atom. The standard InChI is InChI=1S/C12H23F3O2/c1-9(2)6-11(7-16-4,8-17-5)10(3)12(13,14)15/h9-10H,6-8H2,1-5H3. The molecule has 0 fully saturated rings. The monoisotopic (exact) mass is 256 g/mol. The molecule has 5 heteroatoms. The van der Waals surface area contributed by atoms with Crippen molar-refractivity contribution in [2.24, 2.45) is 17.3 Å². The Hall–Kier alpha value is -0.290. The highest BCUT2D eigenvalue weighted by Crippen LogP contribution is 2.44. The molecule has 0 aromatic rings. The molecule has 0 radical (unpaired) electrons. The normalized spacial score (nSPS) is 15.4. The summed E-state index contributed by atoms with van der Waals surface area (Å²) >= 11 is 0. The third kappa shape index (κ3) is 4.84. The van der Waals surface area contributed by atoms with Gasteiger partial charge >= 0.3 is 6.18 Å². The van der Waals surface area contributed by atoms with Crippen LogP contribution < -0.4 is 0 Å². The molecule has 0 N–H and O–H groups in total. The highest BCUT2D eigenvalue weighted by molar-refractivity contribution is 4.89. The van der Waals surface area contributed by atoms with Crippen molar-refractivity contribution in [3.63, 3.8) is 0 Å². The van der Waals surface area contributed by atoms with Crippen molar-refractivity contribution in [1.29, 1.82) is 0 Å². The molecule has 0 aromatic heterocycles. The van der Waals surface area contributed by atoms with Gasteiger partial charge in [-0.25, -0.2) is 0 Å². The van der Waals surface area contributed by atoms with Gasteiger partial charge in [-0.15, -0.1) is 0 Å². The van der Waals surface area contributed by atoms with Gasteiger partial charge in [0.25, 0.3) is 0 Å². The quantitative estimate of drug-likeness (QED) is 0.694. The molecule has 104 valence electrons. The summed E-state index contributed by atoms with van der Waals surface area (Å²) in [5.74, 6) is -1.29. The van der Waals surface area contributed by atoms with Crippen molar-refractivity contribution < 1.29 is 22.6 Å². The number of hydrogen-bond acceptors (Lipinski definition) is 2. The second-order valence-corrected chi connectivity index (χ2v) is 5.09. The molecule has 2 nitrogen and oxygen atoms in total. The van der Waals surface area contributed by atoms with E-state index in [1.54, 1.807) is 0 Å². The molecule has 0 aromatic carbocycles. The summed E-state index contributed by atoms with van der Waals surface area (Å²) in [7, 11) is 2.85. The molecule has 0 amide bonds. The molecule has 1 unspecified atom stereocenters. The van der Waals surface area contributed by atoms with E-state index in [2.05, 4.69) is 0 Å². The van der Waals surface area contributed by atoms with Gasteiger partial charge in [-0.2, -0.15) is 13.2 Å². The van der Waals surface area contributed by atoms with Crippen LogP contribution in [0.15, 0.2) is 0 Å². The zero-order valence-corrected chi connectivity index (χ0v) is 11.2. The van der Waals surface area contributed by atoms with Gasteiger partial charge in [-0.05, 0) is 12.3 Å². The first-order valence-electron chi connectivity index (χ1n) is 5.74. The molecule has 0 aliphatic carbocycles. The van der Waals surface area contributed by atoms with Gasteiger partial charge in [0.05, 0.1) is 19.1 Å². The number of methoxy groups -OCH3 is 2. The van der Waals surface area contributed by atoms with Gasteiger partial charge in [0.2, 0.25) is 0 Å². The second-order valence-electron chi connectivity index (χ2n) is 5.09. The van der Waals surface area contributed by atoms with E-state index in [9.17, 15) is 13.2 Å². The Labute approximate surface area is 101 Å².